The summed E-state index contributed by atoms with van der Waals surface area (Å²) in [6, 6.07) is 5.34. The van der Waals surface area contributed by atoms with Crippen molar-refractivity contribution in [1.29, 1.82) is 0 Å². The van der Waals surface area contributed by atoms with Crippen molar-refractivity contribution < 1.29 is 28.6 Å². The summed E-state index contributed by atoms with van der Waals surface area (Å²) >= 11 is 12.3. The minimum atomic E-state index is -1.54. The first-order chi connectivity index (χ1) is 19.7. The number of benzene rings is 2. The van der Waals surface area contributed by atoms with Gasteiger partial charge in [-0.05, 0) is 72.8 Å². The number of rotatable bonds is 7. The molecule has 2 aromatic carbocycles. The van der Waals surface area contributed by atoms with E-state index in [4.69, 9.17) is 23.2 Å². The van der Waals surface area contributed by atoms with Crippen molar-refractivity contribution in [3.8, 4) is 0 Å². The summed E-state index contributed by atoms with van der Waals surface area (Å²) in [6.07, 6.45) is 1.32. The molecule has 0 aromatic heterocycles. The van der Waals surface area contributed by atoms with Crippen molar-refractivity contribution in [2.24, 2.45) is 11.3 Å². The molecule has 2 heterocycles. The van der Waals surface area contributed by atoms with Gasteiger partial charge in [-0.2, -0.15) is 0 Å². The predicted octanol–water partition coefficient (Wildman–Crippen LogP) is 5.05. The van der Waals surface area contributed by atoms with Crippen LogP contribution in [0.4, 0.5) is 14.5 Å². The van der Waals surface area contributed by atoms with E-state index in [1.54, 1.807) is 6.07 Å². The SMILES string of the molecule is CC(C)(C)C[C@H]1N[C@@H](C(=O)NCCCC2C[C@@H](O)[C@H](O)C2)[C@H](c2cccc(Cl)c2F)[C@@]12C(=O)Nc1cc(Cl)c(F)cc12. The Bertz CT molecular complexity index is 1380. The lowest BCUT2D eigenvalue weighted by Gasteiger charge is -2.37. The first-order valence-corrected chi connectivity index (χ1v) is 15.1. The van der Waals surface area contributed by atoms with Gasteiger partial charge in [0.2, 0.25) is 11.8 Å². The number of halogens is 4. The molecule has 11 heteroatoms. The van der Waals surface area contributed by atoms with E-state index in [9.17, 15) is 19.8 Å². The van der Waals surface area contributed by atoms with Crippen LogP contribution in [0, 0.1) is 23.0 Å². The summed E-state index contributed by atoms with van der Waals surface area (Å²) in [6.45, 7) is 6.31. The van der Waals surface area contributed by atoms with Crippen LogP contribution in [0.3, 0.4) is 0 Å². The first kappa shape index (κ1) is 31.1. The van der Waals surface area contributed by atoms with E-state index in [2.05, 4.69) is 16.0 Å². The van der Waals surface area contributed by atoms with Gasteiger partial charge in [-0.1, -0.05) is 56.1 Å². The molecule has 2 fully saturated rings. The average molecular weight is 625 g/mol. The average Bonchev–Trinajstić information content (AvgIpc) is 3.50. The molecule has 6 atom stereocenters. The third-order valence-corrected chi connectivity index (χ3v) is 9.56. The maximum atomic E-state index is 15.8. The second kappa shape index (κ2) is 11.7. The van der Waals surface area contributed by atoms with Crippen LogP contribution >= 0.6 is 23.2 Å². The Morgan fingerprint density at radius 1 is 1.12 bits per heavy atom. The molecule has 2 aliphatic heterocycles. The largest absolute Gasteiger partial charge is 0.390 e. The molecule has 5 rings (SSSR count). The maximum Gasteiger partial charge on any atom is 0.237 e. The number of aliphatic hydroxyl groups is 2. The van der Waals surface area contributed by atoms with E-state index >= 15 is 8.78 Å². The number of carbonyl (C=O) groups is 2. The molecular formula is C31H37Cl2F2N3O4. The van der Waals surface area contributed by atoms with Crippen molar-refractivity contribution in [3.63, 3.8) is 0 Å². The third-order valence-electron chi connectivity index (χ3n) is 8.98. The number of hydrogen-bond donors (Lipinski definition) is 5. The van der Waals surface area contributed by atoms with Gasteiger partial charge < -0.3 is 26.2 Å². The summed E-state index contributed by atoms with van der Waals surface area (Å²) in [7, 11) is 0. The van der Waals surface area contributed by atoms with Crippen LogP contribution in [0.2, 0.25) is 10.0 Å². The molecule has 0 unspecified atom stereocenters. The van der Waals surface area contributed by atoms with Gasteiger partial charge in [0, 0.05) is 24.2 Å². The summed E-state index contributed by atoms with van der Waals surface area (Å²) in [5, 5.41) is 28.5. The topological polar surface area (TPSA) is 111 Å². The molecule has 1 spiro atoms. The van der Waals surface area contributed by atoms with E-state index in [1.165, 1.54) is 24.3 Å². The van der Waals surface area contributed by atoms with Gasteiger partial charge in [0.1, 0.15) is 17.0 Å². The van der Waals surface area contributed by atoms with E-state index in [0.717, 1.165) is 0 Å². The lowest BCUT2D eigenvalue weighted by molar-refractivity contribution is -0.123. The minimum Gasteiger partial charge on any atom is -0.390 e. The number of anilines is 1. The Morgan fingerprint density at radius 2 is 1.81 bits per heavy atom. The minimum absolute atomic E-state index is 0.0823. The number of nitrogens with one attached hydrogen (secondary N) is 3. The molecule has 1 aliphatic carbocycles. The van der Waals surface area contributed by atoms with E-state index in [1.807, 2.05) is 20.8 Å². The van der Waals surface area contributed by atoms with Crippen LogP contribution < -0.4 is 16.0 Å². The second-order valence-electron chi connectivity index (χ2n) is 13.1. The molecule has 7 nitrogen and oxygen atoms in total. The Hall–Kier alpha value is -2.30. The van der Waals surface area contributed by atoms with Crippen LogP contribution in [-0.2, 0) is 15.0 Å². The summed E-state index contributed by atoms with van der Waals surface area (Å²) in [5.41, 5.74) is -1.15. The van der Waals surface area contributed by atoms with Crippen LogP contribution in [0.5, 0.6) is 0 Å². The lowest BCUT2D eigenvalue weighted by Crippen LogP contribution is -2.49. The fourth-order valence-corrected chi connectivity index (χ4v) is 7.55. The van der Waals surface area contributed by atoms with Gasteiger partial charge in [-0.3, -0.25) is 9.59 Å². The fourth-order valence-electron chi connectivity index (χ4n) is 7.21. The van der Waals surface area contributed by atoms with E-state index in [-0.39, 0.29) is 26.9 Å². The quantitative estimate of drug-likeness (QED) is 0.277. The molecule has 1 saturated heterocycles. The van der Waals surface area contributed by atoms with Crippen molar-refractivity contribution in [2.75, 3.05) is 11.9 Å². The summed E-state index contributed by atoms with van der Waals surface area (Å²) in [5.74, 6) is -3.26. The zero-order chi connectivity index (χ0) is 30.6. The lowest BCUT2D eigenvalue weighted by atomic mass is 9.62. The smallest absolute Gasteiger partial charge is 0.237 e. The molecule has 1 saturated carbocycles. The normalized spacial score (nSPS) is 29.3. The van der Waals surface area contributed by atoms with Gasteiger partial charge in [0.15, 0.2) is 0 Å². The predicted molar refractivity (Wildman–Crippen MR) is 158 cm³/mol. The highest BCUT2D eigenvalue weighted by molar-refractivity contribution is 6.31. The summed E-state index contributed by atoms with van der Waals surface area (Å²) in [4.78, 5) is 28.0. The highest BCUT2D eigenvalue weighted by atomic mass is 35.5. The highest BCUT2D eigenvalue weighted by Gasteiger charge is 2.66. The molecular weight excluding hydrogens is 587 g/mol. The number of aliphatic hydroxyl groups excluding tert-OH is 2. The van der Waals surface area contributed by atoms with Crippen molar-refractivity contribution in [2.45, 2.75) is 88.5 Å². The molecule has 2 amide bonds. The fraction of sp³-hybridized carbons (Fsp3) is 0.548. The Labute approximate surface area is 254 Å². The molecule has 2 aromatic rings. The third kappa shape index (κ3) is 5.54. The highest BCUT2D eigenvalue weighted by Crippen LogP contribution is 2.57. The standard InChI is InChI=1S/C31H37Cl2F2N3O4/c1-30(2,3)14-24-31(17-12-20(34)19(33)13-21(17)37-29(31)42)25(16-7-4-8-18(32)26(16)35)27(38-24)28(41)36-9-5-6-15-10-22(39)23(40)11-15/h4,7-8,12-13,15,22-25,27,38-40H,5-6,9-11,14H2,1-3H3,(H,36,41)(H,37,42)/t22-,23-,24-,25+,27-,31+/m1/s1. The Kier molecular flexibility index (Phi) is 8.64. The molecule has 3 aliphatic rings. The summed E-state index contributed by atoms with van der Waals surface area (Å²) < 4.78 is 30.8. The molecule has 42 heavy (non-hydrogen) atoms. The first-order valence-electron chi connectivity index (χ1n) is 14.4. The van der Waals surface area contributed by atoms with Crippen LogP contribution in [0.25, 0.3) is 0 Å². The van der Waals surface area contributed by atoms with Crippen molar-refractivity contribution >= 4 is 40.7 Å². The maximum absolute atomic E-state index is 15.8. The zero-order valence-corrected chi connectivity index (χ0v) is 25.3. The van der Waals surface area contributed by atoms with Crippen molar-refractivity contribution in [1.82, 2.24) is 10.6 Å². The monoisotopic (exact) mass is 623 g/mol. The molecule has 0 radical (unpaired) electrons. The number of carbonyl (C=O) groups excluding carboxylic acids is 2. The van der Waals surface area contributed by atoms with Gasteiger partial charge in [0.25, 0.3) is 0 Å². The molecule has 5 N–H and O–H groups in total. The van der Waals surface area contributed by atoms with Gasteiger partial charge in [-0.25, -0.2) is 8.78 Å². The van der Waals surface area contributed by atoms with Crippen LogP contribution in [-0.4, -0.2) is 52.9 Å². The van der Waals surface area contributed by atoms with Gasteiger partial charge in [-0.15, -0.1) is 0 Å². The van der Waals surface area contributed by atoms with Gasteiger partial charge >= 0.3 is 0 Å². The Morgan fingerprint density at radius 3 is 2.48 bits per heavy atom. The van der Waals surface area contributed by atoms with Gasteiger partial charge in [0.05, 0.1) is 28.3 Å². The molecule has 0 bridgehead atoms. The number of hydrogen-bond acceptors (Lipinski definition) is 5. The van der Waals surface area contributed by atoms with E-state index in [0.29, 0.717) is 49.9 Å². The Balaban J connectivity index is 1.54. The van der Waals surface area contributed by atoms with Crippen LogP contribution in [0.15, 0.2) is 30.3 Å². The van der Waals surface area contributed by atoms with E-state index < -0.39 is 59.1 Å². The number of fused-ring (bicyclic) bond motifs is 2. The zero-order valence-electron chi connectivity index (χ0n) is 23.8. The van der Waals surface area contributed by atoms with Crippen molar-refractivity contribution in [3.05, 3.63) is 63.1 Å². The molecule has 228 valence electrons. The second-order valence-corrected chi connectivity index (χ2v) is 13.9. The number of amides is 2. The van der Waals surface area contributed by atoms with Crippen LogP contribution in [0.1, 0.15) is 69.9 Å².